The minimum atomic E-state index is -0.382. The lowest BCUT2D eigenvalue weighted by atomic mass is 9.79. The van der Waals surface area contributed by atoms with E-state index in [-0.39, 0.29) is 17.2 Å². The molecule has 104 valence electrons. The SMILES string of the molecule is CC(=O)NCCNC(=O)C1(CN)CCCCCC1. The van der Waals surface area contributed by atoms with Crippen molar-refractivity contribution in [2.75, 3.05) is 19.6 Å². The van der Waals surface area contributed by atoms with E-state index in [1.165, 1.54) is 19.8 Å². The Labute approximate surface area is 109 Å². The Kier molecular flexibility index (Phi) is 6.12. The first kappa shape index (κ1) is 15.0. The summed E-state index contributed by atoms with van der Waals surface area (Å²) in [5.74, 6) is -0.0236. The van der Waals surface area contributed by atoms with Crippen LogP contribution in [0.4, 0.5) is 0 Å². The van der Waals surface area contributed by atoms with Gasteiger partial charge in [0.2, 0.25) is 11.8 Å². The summed E-state index contributed by atoms with van der Waals surface area (Å²) in [6.07, 6.45) is 6.32. The molecule has 1 aliphatic carbocycles. The summed E-state index contributed by atoms with van der Waals surface area (Å²) < 4.78 is 0. The molecule has 0 saturated heterocycles. The zero-order valence-electron chi connectivity index (χ0n) is 11.3. The molecule has 4 N–H and O–H groups in total. The van der Waals surface area contributed by atoms with Crippen molar-refractivity contribution < 1.29 is 9.59 Å². The van der Waals surface area contributed by atoms with Crippen LogP contribution >= 0.6 is 0 Å². The van der Waals surface area contributed by atoms with Gasteiger partial charge >= 0.3 is 0 Å². The Morgan fingerprint density at radius 3 is 2.11 bits per heavy atom. The summed E-state index contributed by atoms with van der Waals surface area (Å²) in [4.78, 5) is 23.0. The Hall–Kier alpha value is -1.10. The number of nitrogens with two attached hydrogens (primary N) is 1. The number of rotatable bonds is 5. The van der Waals surface area contributed by atoms with Gasteiger partial charge in [0.25, 0.3) is 0 Å². The Balaban J connectivity index is 2.42. The van der Waals surface area contributed by atoms with Gasteiger partial charge in [-0.15, -0.1) is 0 Å². The summed E-state index contributed by atoms with van der Waals surface area (Å²) in [7, 11) is 0. The molecular formula is C13H25N3O2. The predicted molar refractivity (Wildman–Crippen MR) is 70.9 cm³/mol. The molecule has 0 atom stereocenters. The first-order valence-electron chi connectivity index (χ1n) is 6.83. The van der Waals surface area contributed by atoms with Gasteiger partial charge in [-0.2, -0.15) is 0 Å². The molecule has 0 bridgehead atoms. The third kappa shape index (κ3) is 4.29. The van der Waals surface area contributed by atoms with Crippen LogP contribution in [0.15, 0.2) is 0 Å². The molecule has 2 amide bonds. The highest BCUT2D eigenvalue weighted by molar-refractivity contribution is 5.83. The van der Waals surface area contributed by atoms with Crippen molar-refractivity contribution in [3.8, 4) is 0 Å². The van der Waals surface area contributed by atoms with Gasteiger partial charge in [0.1, 0.15) is 0 Å². The van der Waals surface area contributed by atoms with E-state index in [9.17, 15) is 9.59 Å². The van der Waals surface area contributed by atoms with Crippen LogP contribution in [0.1, 0.15) is 45.4 Å². The van der Waals surface area contributed by atoms with Gasteiger partial charge in [-0.05, 0) is 12.8 Å². The number of carbonyl (C=O) groups is 2. The fourth-order valence-corrected chi connectivity index (χ4v) is 2.53. The van der Waals surface area contributed by atoms with Gasteiger partial charge < -0.3 is 16.4 Å². The van der Waals surface area contributed by atoms with Gasteiger partial charge in [0.05, 0.1) is 5.41 Å². The molecule has 0 spiro atoms. The van der Waals surface area contributed by atoms with Crippen LogP contribution in [-0.2, 0) is 9.59 Å². The van der Waals surface area contributed by atoms with Gasteiger partial charge in [0.15, 0.2) is 0 Å². The normalized spacial score (nSPS) is 18.8. The van der Waals surface area contributed by atoms with E-state index < -0.39 is 0 Å². The molecule has 0 aromatic rings. The second kappa shape index (κ2) is 7.36. The van der Waals surface area contributed by atoms with E-state index in [0.717, 1.165) is 25.7 Å². The highest BCUT2D eigenvalue weighted by Crippen LogP contribution is 2.34. The molecule has 0 unspecified atom stereocenters. The smallest absolute Gasteiger partial charge is 0.227 e. The third-order valence-electron chi connectivity index (χ3n) is 3.72. The number of nitrogens with one attached hydrogen (secondary N) is 2. The van der Waals surface area contributed by atoms with Crippen LogP contribution in [0.5, 0.6) is 0 Å². The maximum atomic E-state index is 12.2. The highest BCUT2D eigenvalue weighted by atomic mass is 16.2. The van der Waals surface area contributed by atoms with Crippen molar-refractivity contribution in [3.05, 3.63) is 0 Å². The molecular weight excluding hydrogens is 230 g/mol. The van der Waals surface area contributed by atoms with E-state index in [1.807, 2.05) is 0 Å². The second-order valence-electron chi connectivity index (χ2n) is 5.14. The van der Waals surface area contributed by atoms with Gasteiger partial charge in [-0.25, -0.2) is 0 Å². The van der Waals surface area contributed by atoms with E-state index in [0.29, 0.717) is 19.6 Å². The van der Waals surface area contributed by atoms with Crippen molar-refractivity contribution in [1.82, 2.24) is 10.6 Å². The van der Waals surface area contributed by atoms with Crippen LogP contribution in [0.25, 0.3) is 0 Å². The van der Waals surface area contributed by atoms with Crippen molar-refractivity contribution in [1.29, 1.82) is 0 Å². The minimum Gasteiger partial charge on any atom is -0.355 e. The lowest BCUT2D eigenvalue weighted by Crippen LogP contribution is -2.47. The summed E-state index contributed by atoms with van der Waals surface area (Å²) in [5.41, 5.74) is 5.45. The molecule has 0 aromatic heterocycles. The molecule has 0 heterocycles. The number of hydrogen-bond donors (Lipinski definition) is 3. The van der Waals surface area contributed by atoms with Gasteiger partial charge in [-0.1, -0.05) is 25.7 Å². The van der Waals surface area contributed by atoms with Crippen LogP contribution in [0.2, 0.25) is 0 Å². The maximum absolute atomic E-state index is 12.2. The first-order chi connectivity index (χ1) is 8.60. The van der Waals surface area contributed by atoms with E-state index >= 15 is 0 Å². The largest absolute Gasteiger partial charge is 0.355 e. The van der Waals surface area contributed by atoms with E-state index in [1.54, 1.807) is 0 Å². The third-order valence-corrected chi connectivity index (χ3v) is 3.72. The van der Waals surface area contributed by atoms with E-state index in [4.69, 9.17) is 5.73 Å². The van der Waals surface area contributed by atoms with E-state index in [2.05, 4.69) is 10.6 Å². The summed E-state index contributed by atoms with van der Waals surface area (Å²) in [6.45, 7) is 2.83. The van der Waals surface area contributed by atoms with Crippen molar-refractivity contribution in [2.24, 2.45) is 11.1 Å². The fourth-order valence-electron chi connectivity index (χ4n) is 2.53. The predicted octanol–water partition coefficient (Wildman–Crippen LogP) is 0.538. The molecule has 1 aliphatic rings. The topological polar surface area (TPSA) is 84.2 Å². The Bertz CT molecular complexity index is 284. The first-order valence-corrected chi connectivity index (χ1v) is 6.83. The zero-order chi connectivity index (χ0) is 13.4. The number of amides is 2. The fraction of sp³-hybridized carbons (Fsp3) is 0.846. The Morgan fingerprint density at radius 1 is 1.06 bits per heavy atom. The molecule has 1 fully saturated rings. The quantitative estimate of drug-likeness (QED) is 0.495. The minimum absolute atomic E-state index is 0.0530. The van der Waals surface area contributed by atoms with Crippen LogP contribution in [0.3, 0.4) is 0 Å². The maximum Gasteiger partial charge on any atom is 0.227 e. The second-order valence-corrected chi connectivity index (χ2v) is 5.14. The zero-order valence-corrected chi connectivity index (χ0v) is 11.3. The molecule has 1 saturated carbocycles. The number of carbonyl (C=O) groups excluding carboxylic acids is 2. The lowest BCUT2D eigenvalue weighted by molar-refractivity contribution is -0.131. The summed E-state index contributed by atoms with van der Waals surface area (Å²) in [6, 6.07) is 0. The average Bonchev–Trinajstić information content (AvgIpc) is 2.60. The molecule has 0 aliphatic heterocycles. The molecule has 0 aromatic carbocycles. The summed E-state index contributed by atoms with van der Waals surface area (Å²) in [5, 5.41) is 5.56. The van der Waals surface area contributed by atoms with Crippen molar-refractivity contribution >= 4 is 11.8 Å². The van der Waals surface area contributed by atoms with Crippen LogP contribution < -0.4 is 16.4 Å². The van der Waals surface area contributed by atoms with Crippen LogP contribution in [-0.4, -0.2) is 31.4 Å². The Morgan fingerprint density at radius 2 is 1.61 bits per heavy atom. The summed E-state index contributed by atoms with van der Waals surface area (Å²) >= 11 is 0. The van der Waals surface area contributed by atoms with Crippen molar-refractivity contribution in [2.45, 2.75) is 45.4 Å². The monoisotopic (exact) mass is 255 g/mol. The van der Waals surface area contributed by atoms with Gasteiger partial charge in [0, 0.05) is 26.6 Å². The molecule has 1 rings (SSSR count). The molecule has 0 radical (unpaired) electrons. The molecule has 5 heteroatoms. The lowest BCUT2D eigenvalue weighted by Gasteiger charge is -2.29. The molecule has 18 heavy (non-hydrogen) atoms. The van der Waals surface area contributed by atoms with Crippen LogP contribution in [0, 0.1) is 5.41 Å². The standard InChI is InChI=1S/C13H25N3O2/c1-11(17)15-8-9-16-12(18)13(10-14)6-4-2-3-5-7-13/h2-10,14H2,1H3,(H,15,17)(H,16,18). The van der Waals surface area contributed by atoms with Gasteiger partial charge in [-0.3, -0.25) is 9.59 Å². The average molecular weight is 255 g/mol. The van der Waals surface area contributed by atoms with Crippen molar-refractivity contribution in [3.63, 3.8) is 0 Å². The molecule has 5 nitrogen and oxygen atoms in total. The number of hydrogen-bond acceptors (Lipinski definition) is 3. The highest BCUT2D eigenvalue weighted by Gasteiger charge is 2.36.